The van der Waals surface area contributed by atoms with Crippen LogP contribution in [0.25, 0.3) is 0 Å². The van der Waals surface area contributed by atoms with E-state index in [1.54, 1.807) is 0 Å². The Balaban J connectivity index is 1.52. The van der Waals surface area contributed by atoms with Crippen molar-refractivity contribution < 1.29 is 14.3 Å². The Kier molecular flexibility index (Phi) is 9.51. The van der Waals surface area contributed by atoms with Gasteiger partial charge in [-0.3, -0.25) is 4.90 Å². The lowest BCUT2D eigenvalue weighted by atomic mass is 9.82. The van der Waals surface area contributed by atoms with Gasteiger partial charge in [0.2, 0.25) is 0 Å². The summed E-state index contributed by atoms with van der Waals surface area (Å²) in [7, 11) is 2.18. The zero-order valence-corrected chi connectivity index (χ0v) is 18.5. The fourth-order valence-corrected chi connectivity index (χ4v) is 4.46. The number of nitrogens with zero attached hydrogens (tertiary/aromatic N) is 1. The van der Waals surface area contributed by atoms with Crippen LogP contribution in [0.1, 0.15) is 72.1 Å². The van der Waals surface area contributed by atoms with Crippen LogP contribution >= 0.6 is 0 Å². The summed E-state index contributed by atoms with van der Waals surface area (Å²) < 4.78 is 11.3. The highest BCUT2D eigenvalue weighted by molar-refractivity contribution is 5.67. The van der Waals surface area contributed by atoms with Gasteiger partial charge in [0.05, 0.1) is 6.61 Å². The Hall–Kier alpha value is -0.850. The molecule has 0 aromatic heterocycles. The summed E-state index contributed by atoms with van der Waals surface area (Å²) in [5, 5.41) is 2.92. The third-order valence-corrected chi connectivity index (χ3v) is 6.19. The summed E-state index contributed by atoms with van der Waals surface area (Å²) in [6.45, 7) is 9.00. The Morgan fingerprint density at radius 1 is 1.07 bits per heavy atom. The van der Waals surface area contributed by atoms with Gasteiger partial charge in [0.15, 0.2) is 0 Å². The Bertz CT molecular complexity index is 458. The summed E-state index contributed by atoms with van der Waals surface area (Å²) in [4.78, 5) is 14.2. The van der Waals surface area contributed by atoms with Crippen molar-refractivity contribution in [3.05, 3.63) is 0 Å². The van der Waals surface area contributed by atoms with E-state index in [2.05, 4.69) is 17.3 Å². The third-order valence-electron chi connectivity index (χ3n) is 6.19. The van der Waals surface area contributed by atoms with E-state index in [0.29, 0.717) is 23.9 Å². The van der Waals surface area contributed by atoms with Crippen molar-refractivity contribution in [2.45, 2.75) is 89.8 Å². The molecule has 2 saturated carbocycles. The maximum atomic E-state index is 11.8. The number of carbonyl (C=O) groups excluding carboxylic acids is 1. The van der Waals surface area contributed by atoms with Gasteiger partial charge in [-0.1, -0.05) is 12.8 Å². The SMILES string of the molecule is CN(CCOCC1CCC(CNC(=O)OC(C)(C)C)CC1)[C@H]1CCCC[C@@H]1N. The number of rotatable bonds is 8. The summed E-state index contributed by atoms with van der Waals surface area (Å²) in [5.74, 6) is 1.21. The molecule has 6 heteroatoms. The van der Waals surface area contributed by atoms with Crippen molar-refractivity contribution in [2.24, 2.45) is 17.6 Å². The lowest BCUT2D eigenvalue weighted by Crippen LogP contribution is -2.48. The monoisotopic (exact) mass is 397 g/mol. The predicted octanol–water partition coefficient (Wildman–Crippen LogP) is 3.54. The number of alkyl carbamates (subject to hydrolysis) is 1. The Morgan fingerprint density at radius 3 is 2.36 bits per heavy atom. The second kappa shape index (κ2) is 11.4. The van der Waals surface area contributed by atoms with Gasteiger partial charge in [0, 0.05) is 31.8 Å². The molecule has 164 valence electrons. The van der Waals surface area contributed by atoms with Crippen LogP contribution < -0.4 is 11.1 Å². The second-order valence-corrected chi connectivity index (χ2v) is 9.84. The molecule has 2 atom stereocenters. The van der Waals surface area contributed by atoms with E-state index in [4.69, 9.17) is 15.2 Å². The summed E-state index contributed by atoms with van der Waals surface area (Å²) >= 11 is 0. The van der Waals surface area contributed by atoms with Crippen molar-refractivity contribution in [1.82, 2.24) is 10.2 Å². The number of hydrogen-bond acceptors (Lipinski definition) is 5. The fourth-order valence-electron chi connectivity index (χ4n) is 4.46. The van der Waals surface area contributed by atoms with Gasteiger partial charge in [-0.2, -0.15) is 0 Å². The predicted molar refractivity (Wildman–Crippen MR) is 113 cm³/mol. The van der Waals surface area contributed by atoms with E-state index in [0.717, 1.165) is 45.6 Å². The van der Waals surface area contributed by atoms with Crippen LogP contribution in [-0.4, -0.2) is 62.0 Å². The number of likely N-dealkylation sites (N-methyl/N-ethyl adjacent to an activating group) is 1. The molecule has 0 aliphatic heterocycles. The van der Waals surface area contributed by atoms with Crippen LogP contribution in [0.5, 0.6) is 0 Å². The largest absolute Gasteiger partial charge is 0.444 e. The van der Waals surface area contributed by atoms with Gasteiger partial charge in [0.1, 0.15) is 5.60 Å². The van der Waals surface area contributed by atoms with E-state index in [1.165, 1.54) is 32.1 Å². The molecule has 2 rings (SSSR count). The molecule has 2 fully saturated rings. The summed E-state index contributed by atoms with van der Waals surface area (Å²) in [5.41, 5.74) is 5.84. The zero-order valence-electron chi connectivity index (χ0n) is 18.5. The smallest absolute Gasteiger partial charge is 0.407 e. The molecule has 3 N–H and O–H groups in total. The van der Waals surface area contributed by atoms with Crippen LogP contribution in [-0.2, 0) is 9.47 Å². The minimum atomic E-state index is -0.435. The van der Waals surface area contributed by atoms with E-state index < -0.39 is 5.60 Å². The lowest BCUT2D eigenvalue weighted by molar-refractivity contribution is 0.0464. The molecule has 1 amide bonds. The summed E-state index contributed by atoms with van der Waals surface area (Å²) in [6.07, 6.45) is 9.32. The molecule has 0 spiro atoms. The first-order valence-electron chi connectivity index (χ1n) is 11.2. The second-order valence-electron chi connectivity index (χ2n) is 9.84. The molecule has 28 heavy (non-hydrogen) atoms. The molecule has 0 saturated heterocycles. The highest BCUT2D eigenvalue weighted by Gasteiger charge is 2.26. The van der Waals surface area contributed by atoms with E-state index in [-0.39, 0.29) is 6.09 Å². The zero-order chi connectivity index (χ0) is 20.6. The molecule has 0 bridgehead atoms. The first-order valence-corrected chi connectivity index (χ1v) is 11.2. The Morgan fingerprint density at radius 2 is 1.71 bits per heavy atom. The van der Waals surface area contributed by atoms with Crippen LogP contribution in [0.4, 0.5) is 4.79 Å². The van der Waals surface area contributed by atoms with Gasteiger partial charge in [-0.05, 0) is 78.2 Å². The number of carbonyl (C=O) groups is 1. The molecule has 0 heterocycles. The number of hydrogen-bond donors (Lipinski definition) is 2. The molecule has 0 aromatic carbocycles. The van der Waals surface area contributed by atoms with Gasteiger partial charge in [-0.25, -0.2) is 4.79 Å². The number of nitrogens with two attached hydrogens (primary N) is 1. The van der Waals surface area contributed by atoms with Gasteiger partial charge < -0.3 is 20.5 Å². The molecular weight excluding hydrogens is 354 g/mol. The maximum absolute atomic E-state index is 11.8. The van der Waals surface area contributed by atoms with Gasteiger partial charge in [-0.15, -0.1) is 0 Å². The average molecular weight is 398 g/mol. The molecule has 2 aliphatic rings. The molecule has 6 nitrogen and oxygen atoms in total. The lowest BCUT2D eigenvalue weighted by Gasteiger charge is -2.36. The standard InChI is InChI=1S/C22H43N3O3/c1-22(2,3)28-21(26)24-15-17-9-11-18(12-10-17)16-27-14-13-25(4)20-8-6-5-7-19(20)23/h17-20H,5-16,23H2,1-4H3,(H,24,26)/t17?,18?,19-,20-/m0/s1. The average Bonchev–Trinajstić information content (AvgIpc) is 2.63. The van der Waals surface area contributed by atoms with E-state index >= 15 is 0 Å². The first-order chi connectivity index (χ1) is 13.2. The van der Waals surface area contributed by atoms with Gasteiger partial charge in [0.25, 0.3) is 0 Å². The highest BCUT2D eigenvalue weighted by atomic mass is 16.6. The molecule has 2 aliphatic carbocycles. The molecule has 0 unspecified atom stereocenters. The fraction of sp³-hybridized carbons (Fsp3) is 0.955. The normalized spacial score (nSPS) is 28.9. The van der Waals surface area contributed by atoms with Crippen molar-refractivity contribution in [1.29, 1.82) is 0 Å². The van der Waals surface area contributed by atoms with Crippen molar-refractivity contribution in [2.75, 3.05) is 33.4 Å². The first kappa shape index (κ1) is 23.4. The number of ether oxygens (including phenoxy) is 2. The van der Waals surface area contributed by atoms with Crippen molar-refractivity contribution >= 4 is 6.09 Å². The van der Waals surface area contributed by atoms with E-state index in [1.807, 2.05) is 20.8 Å². The molecular formula is C22H43N3O3. The maximum Gasteiger partial charge on any atom is 0.407 e. The minimum absolute atomic E-state index is 0.306. The highest BCUT2D eigenvalue weighted by Crippen LogP contribution is 2.28. The third kappa shape index (κ3) is 8.66. The number of nitrogens with one attached hydrogen (secondary N) is 1. The Labute approximate surface area is 171 Å². The molecule has 0 radical (unpaired) electrons. The topological polar surface area (TPSA) is 76.8 Å². The van der Waals surface area contributed by atoms with Crippen LogP contribution in [0, 0.1) is 11.8 Å². The minimum Gasteiger partial charge on any atom is -0.444 e. The van der Waals surface area contributed by atoms with E-state index in [9.17, 15) is 4.79 Å². The quantitative estimate of drug-likeness (QED) is 0.613. The summed E-state index contributed by atoms with van der Waals surface area (Å²) in [6, 6.07) is 0.841. The van der Waals surface area contributed by atoms with Crippen LogP contribution in [0.15, 0.2) is 0 Å². The van der Waals surface area contributed by atoms with Crippen molar-refractivity contribution in [3.8, 4) is 0 Å². The molecule has 0 aromatic rings. The number of amides is 1. The van der Waals surface area contributed by atoms with Crippen molar-refractivity contribution in [3.63, 3.8) is 0 Å². The van der Waals surface area contributed by atoms with Crippen LogP contribution in [0.3, 0.4) is 0 Å². The van der Waals surface area contributed by atoms with Gasteiger partial charge >= 0.3 is 6.09 Å². The van der Waals surface area contributed by atoms with Crippen LogP contribution in [0.2, 0.25) is 0 Å².